The van der Waals surface area contributed by atoms with Crippen molar-refractivity contribution in [1.82, 2.24) is 0 Å². The minimum absolute atomic E-state index is 0.220. The molecule has 0 amide bonds. The highest BCUT2D eigenvalue weighted by Gasteiger charge is 2.31. The maximum atomic E-state index is 12.1. The molecule has 0 bridgehead atoms. The Bertz CT molecular complexity index is 462. The molecule has 0 heterocycles. The summed E-state index contributed by atoms with van der Waals surface area (Å²) in [5.74, 6) is 1.79. The summed E-state index contributed by atoms with van der Waals surface area (Å²) in [7, 11) is 0. The zero-order valence-corrected chi connectivity index (χ0v) is 14.3. The molecule has 1 aromatic rings. The highest BCUT2D eigenvalue weighted by atomic mass is 19.4. The molecule has 1 aliphatic carbocycles. The van der Waals surface area contributed by atoms with Gasteiger partial charge in [0.15, 0.2) is 0 Å². The lowest BCUT2D eigenvalue weighted by Gasteiger charge is -2.28. The summed E-state index contributed by atoms with van der Waals surface area (Å²) in [5.41, 5.74) is 0. The standard InChI is InChI=1S/C19H27F3O2/c1-2-3-4-5-15-6-8-16(9-7-15)14-23-17-10-12-18(13-11-17)24-19(20,21)22/h10-13,15-16H,2-9,14H2,1H3/t15-,16-. The molecule has 1 aromatic carbocycles. The SMILES string of the molecule is CCCCC[C@H]1CC[C@H](COc2ccc(OC(F)(F)F)cc2)CC1. The van der Waals surface area contributed by atoms with Crippen molar-refractivity contribution in [3.05, 3.63) is 24.3 Å². The fourth-order valence-electron chi connectivity index (χ4n) is 3.32. The van der Waals surface area contributed by atoms with Gasteiger partial charge in [0, 0.05) is 0 Å². The molecule has 24 heavy (non-hydrogen) atoms. The van der Waals surface area contributed by atoms with Gasteiger partial charge in [0.25, 0.3) is 0 Å². The van der Waals surface area contributed by atoms with Crippen LogP contribution in [0.15, 0.2) is 24.3 Å². The molecule has 0 spiro atoms. The lowest BCUT2D eigenvalue weighted by Crippen LogP contribution is -2.20. The van der Waals surface area contributed by atoms with Crippen LogP contribution in [0, 0.1) is 11.8 Å². The summed E-state index contributed by atoms with van der Waals surface area (Å²) in [4.78, 5) is 0. The van der Waals surface area contributed by atoms with Crippen LogP contribution < -0.4 is 9.47 Å². The van der Waals surface area contributed by atoms with Gasteiger partial charge in [0.05, 0.1) is 6.61 Å². The van der Waals surface area contributed by atoms with Crippen LogP contribution in [0.25, 0.3) is 0 Å². The number of unbranched alkanes of at least 4 members (excludes halogenated alkanes) is 2. The number of benzene rings is 1. The van der Waals surface area contributed by atoms with Crippen molar-refractivity contribution in [1.29, 1.82) is 0 Å². The number of hydrogen-bond acceptors (Lipinski definition) is 2. The molecule has 0 atom stereocenters. The molecule has 1 saturated carbocycles. The van der Waals surface area contributed by atoms with Crippen molar-refractivity contribution in [2.45, 2.75) is 64.7 Å². The van der Waals surface area contributed by atoms with Crippen LogP contribution in [0.1, 0.15) is 58.3 Å². The Balaban J connectivity index is 1.67. The molecule has 1 fully saturated rings. The predicted octanol–water partition coefficient (Wildman–Crippen LogP) is 6.35. The van der Waals surface area contributed by atoms with E-state index in [1.807, 2.05) is 0 Å². The Morgan fingerprint density at radius 1 is 0.917 bits per heavy atom. The monoisotopic (exact) mass is 344 g/mol. The second-order valence-electron chi connectivity index (χ2n) is 6.71. The van der Waals surface area contributed by atoms with E-state index in [0.717, 1.165) is 5.92 Å². The Kier molecular flexibility index (Phi) is 7.25. The van der Waals surface area contributed by atoms with E-state index in [1.54, 1.807) is 0 Å². The quantitative estimate of drug-likeness (QED) is 0.512. The average Bonchev–Trinajstić information content (AvgIpc) is 2.54. The molecule has 0 saturated heterocycles. The van der Waals surface area contributed by atoms with E-state index in [1.165, 1.54) is 75.6 Å². The Morgan fingerprint density at radius 2 is 1.50 bits per heavy atom. The maximum absolute atomic E-state index is 12.1. The minimum Gasteiger partial charge on any atom is -0.493 e. The van der Waals surface area contributed by atoms with Gasteiger partial charge >= 0.3 is 6.36 Å². The summed E-state index contributed by atoms with van der Waals surface area (Å²) in [5, 5.41) is 0. The van der Waals surface area contributed by atoms with E-state index >= 15 is 0 Å². The van der Waals surface area contributed by atoms with Crippen molar-refractivity contribution < 1.29 is 22.6 Å². The Labute approximate surface area is 142 Å². The normalized spacial score (nSPS) is 21.5. The topological polar surface area (TPSA) is 18.5 Å². The zero-order chi connectivity index (χ0) is 17.4. The van der Waals surface area contributed by atoms with Crippen LogP contribution in [0.3, 0.4) is 0 Å². The smallest absolute Gasteiger partial charge is 0.493 e. The molecular formula is C19H27F3O2. The third-order valence-corrected chi connectivity index (χ3v) is 4.73. The van der Waals surface area contributed by atoms with Gasteiger partial charge in [-0.15, -0.1) is 13.2 Å². The van der Waals surface area contributed by atoms with E-state index in [4.69, 9.17) is 4.74 Å². The van der Waals surface area contributed by atoms with Crippen LogP contribution in [0.5, 0.6) is 11.5 Å². The molecular weight excluding hydrogens is 317 g/mol. The highest BCUT2D eigenvalue weighted by molar-refractivity contribution is 5.31. The summed E-state index contributed by atoms with van der Waals surface area (Å²) in [6.45, 7) is 2.87. The van der Waals surface area contributed by atoms with Gasteiger partial charge in [-0.25, -0.2) is 0 Å². The molecule has 0 N–H and O–H groups in total. The van der Waals surface area contributed by atoms with Gasteiger partial charge in [-0.05, 0) is 48.9 Å². The van der Waals surface area contributed by atoms with E-state index in [-0.39, 0.29) is 5.75 Å². The predicted molar refractivity (Wildman–Crippen MR) is 88.2 cm³/mol. The van der Waals surface area contributed by atoms with Crippen molar-refractivity contribution in [3.8, 4) is 11.5 Å². The van der Waals surface area contributed by atoms with Crippen molar-refractivity contribution in [2.24, 2.45) is 11.8 Å². The average molecular weight is 344 g/mol. The third-order valence-electron chi connectivity index (χ3n) is 4.73. The molecule has 2 nitrogen and oxygen atoms in total. The second kappa shape index (κ2) is 9.19. The fourth-order valence-corrected chi connectivity index (χ4v) is 3.32. The molecule has 136 valence electrons. The van der Waals surface area contributed by atoms with Crippen LogP contribution in [0.4, 0.5) is 13.2 Å². The van der Waals surface area contributed by atoms with Gasteiger partial charge < -0.3 is 9.47 Å². The lowest BCUT2D eigenvalue weighted by atomic mass is 9.80. The molecule has 0 aromatic heterocycles. The van der Waals surface area contributed by atoms with E-state index in [9.17, 15) is 13.2 Å². The van der Waals surface area contributed by atoms with Crippen LogP contribution in [-0.2, 0) is 0 Å². The first-order valence-electron chi connectivity index (χ1n) is 8.95. The highest BCUT2D eigenvalue weighted by Crippen LogP contribution is 2.32. The zero-order valence-electron chi connectivity index (χ0n) is 14.3. The first kappa shape index (κ1) is 18.9. The van der Waals surface area contributed by atoms with Crippen LogP contribution in [0.2, 0.25) is 0 Å². The number of ether oxygens (including phenoxy) is 2. The second-order valence-corrected chi connectivity index (χ2v) is 6.71. The van der Waals surface area contributed by atoms with Crippen molar-refractivity contribution in [2.75, 3.05) is 6.61 Å². The van der Waals surface area contributed by atoms with E-state index < -0.39 is 6.36 Å². The van der Waals surface area contributed by atoms with Gasteiger partial charge in [-0.1, -0.05) is 45.4 Å². The number of rotatable bonds is 8. The maximum Gasteiger partial charge on any atom is 0.573 e. The lowest BCUT2D eigenvalue weighted by molar-refractivity contribution is -0.274. The van der Waals surface area contributed by atoms with Crippen molar-refractivity contribution >= 4 is 0 Å². The molecule has 1 aliphatic rings. The summed E-state index contributed by atoms with van der Waals surface area (Å²) < 4.78 is 45.9. The summed E-state index contributed by atoms with van der Waals surface area (Å²) >= 11 is 0. The number of alkyl halides is 3. The molecule has 0 aliphatic heterocycles. The van der Waals surface area contributed by atoms with Crippen molar-refractivity contribution in [3.63, 3.8) is 0 Å². The third kappa shape index (κ3) is 7.02. The van der Waals surface area contributed by atoms with Gasteiger partial charge in [0.2, 0.25) is 0 Å². The first-order valence-corrected chi connectivity index (χ1v) is 8.95. The molecule has 0 radical (unpaired) electrons. The largest absolute Gasteiger partial charge is 0.573 e. The Morgan fingerprint density at radius 3 is 2.08 bits per heavy atom. The Hall–Kier alpha value is -1.39. The summed E-state index contributed by atoms with van der Waals surface area (Å²) in [6.07, 6.45) is 5.56. The fraction of sp³-hybridized carbons (Fsp3) is 0.684. The van der Waals surface area contributed by atoms with E-state index in [2.05, 4.69) is 11.7 Å². The number of hydrogen-bond donors (Lipinski definition) is 0. The van der Waals surface area contributed by atoms with Gasteiger partial charge in [-0.3, -0.25) is 0 Å². The first-order chi connectivity index (χ1) is 11.5. The molecule has 0 unspecified atom stereocenters. The number of halogens is 3. The van der Waals surface area contributed by atoms with Gasteiger partial charge in [-0.2, -0.15) is 0 Å². The molecule has 5 heteroatoms. The van der Waals surface area contributed by atoms with Crippen LogP contribution >= 0.6 is 0 Å². The van der Waals surface area contributed by atoms with Gasteiger partial charge in [0.1, 0.15) is 11.5 Å². The van der Waals surface area contributed by atoms with E-state index in [0.29, 0.717) is 18.3 Å². The van der Waals surface area contributed by atoms with Crippen LogP contribution in [-0.4, -0.2) is 13.0 Å². The summed E-state index contributed by atoms with van der Waals surface area (Å²) in [6, 6.07) is 5.62. The molecule has 2 rings (SSSR count). The minimum atomic E-state index is -4.65.